The van der Waals surface area contributed by atoms with Crippen molar-refractivity contribution >= 4 is 23.6 Å². The van der Waals surface area contributed by atoms with Gasteiger partial charge in [-0.2, -0.15) is 4.98 Å². The molecule has 1 aliphatic rings. The van der Waals surface area contributed by atoms with Crippen molar-refractivity contribution in [2.24, 2.45) is 5.92 Å². The lowest BCUT2D eigenvalue weighted by atomic mass is 10.00. The Balaban J connectivity index is 1.73. The van der Waals surface area contributed by atoms with Crippen LogP contribution in [0.25, 0.3) is 10.7 Å². The molecule has 3 heterocycles. The van der Waals surface area contributed by atoms with E-state index in [2.05, 4.69) is 28.5 Å². The molecule has 6 heteroatoms. The van der Waals surface area contributed by atoms with Gasteiger partial charge in [-0.25, -0.2) is 4.68 Å². The van der Waals surface area contributed by atoms with Crippen LogP contribution < -0.4 is 4.90 Å². The number of quaternary nitrogens is 1. The molecular weight excluding hydrogens is 276 g/mol. The predicted molar refractivity (Wildman–Crippen MR) is 79.8 cm³/mol. The van der Waals surface area contributed by atoms with E-state index in [-0.39, 0.29) is 0 Å². The minimum atomic E-state index is 0.662. The molecule has 0 aliphatic carbocycles. The average molecular weight is 295 g/mol. The molecule has 0 bridgehead atoms. The fourth-order valence-electron chi connectivity index (χ4n) is 2.54. The molecule has 0 unspecified atom stereocenters. The summed E-state index contributed by atoms with van der Waals surface area (Å²) < 4.78 is 2.67. The van der Waals surface area contributed by atoms with Crippen LogP contribution in [0.2, 0.25) is 0 Å². The van der Waals surface area contributed by atoms with Crippen molar-refractivity contribution in [3.05, 3.63) is 22.3 Å². The van der Waals surface area contributed by atoms with Crippen LogP contribution in [0.4, 0.5) is 0 Å². The zero-order chi connectivity index (χ0) is 13.2. The number of hydrogen-bond acceptors (Lipinski definition) is 3. The predicted octanol–water partition coefficient (Wildman–Crippen LogP) is 1.94. The molecule has 1 saturated heterocycles. The van der Waals surface area contributed by atoms with Crippen molar-refractivity contribution in [1.82, 2.24) is 14.8 Å². The number of rotatable bonds is 3. The number of aromatic nitrogens is 3. The summed E-state index contributed by atoms with van der Waals surface area (Å²) in [6.07, 6.45) is 2.63. The second-order valence-corrected chi connectivity index (χ2v) is 6.66. The van der Waals surface area contributed by atoms with Crippen LogP contribution >= 0.6 is 23.6 Å². The van der Waals surface area contributed by atoms with E-state index in [0.717, 1.165) is 23.3 Å². The lowest BCUT2D eigenvalue weighted by Gasteiger charge is -2.27. The number of piperidine rings is 1. The van der Waals surface area contributed by atoms with Crippen LogP contribution in [0, 0.1) is 10.7 Å². The third-order valence-corrected chi connectivity index (χ3v) is 4.99. The Labute approximate surface area is 122 Å². The maximum Gasteiger partial charge on any atom is 0.221 e. The van der Waals surface area contributed by atoms with Gasteiger partial charge in [0, 0.05) is 0 Å². The van der Waals surface area contributed by atoms with Gasteiger partial charge in [-0.1, -0.05) is 13.0 Å². The highest BCUT2D eigenvalue weighted by molar-refractivity contribution is 7.71. The molecule has 0 saturated carbocycles. The standard InChI is InChI=1S/C13H18N4S2/c1-10-4-6-16(7-5-10)9-17-13(18)14-12(15-17)11-3-2-8-19-11/h2-3,8,10H,4-7,9H2,1H3,(H,14,15,18)/p+1. The third kappa shape index (κ3) is 2.96. The maximum absolute atomic E-state index is 5.35. The van der Waals surface area contributed by atoms with Gasteiger partial charge in [-0.15, -0.1) is 11.3 Å². The Hall–Kier alpha value is -0.980. The lowest BCUT2D eigenvalue weighted by Crippen LogP contribution is -3.12. The molecule has 3 rings (SSSR count). The van der Waals surface area contributed by atoms with E-state index in [0.29, 0.717) is 4.77 Å². The molecule has 0 aromatic carbocycles. The van der Waals surface area contributed by atoms with Crippen molar-refractivity contribution in [2.45, 2.75) is 26.4 Å². The van der Waals surface area contributed by atoms with E-state index >= 15 is 0 Å². The number of thiophene rings is 1. The normalized spacial score (nSPS) is 23.6. The Kier molecular flexibility index (Phi) is 3.81. The molecule has 0 spiro atoms. The fourth-order valence-corrected chi connectivity index (χ4v) is 3.40. The van der Waals surface area contributed by atoms with Gasteiger partial charge in [0.2, 0.25) is 4.77 Å². The number of H-pyrrole nitrogens is 1. The molecule has 1 fully saturated rings. The summed E-state index contributed by atoms with van der Waals surface area (Å²) in [5, 5.41) is 5.39. The summed E-state index contributed by atoms with van der Waals surface area (Å²) in [6.45, 7) is 5.71. The SMILES string of the molecule is CC1CC[NH+](Cn2[nH]c(-c3cccs3)nc2=S)CC1. The van der Waals surface area contributed by atoms with Crippen LogP contribution in [0.5, 0.6) is 0 Å². The molecule has 0 amide bonds. The molecule has 2 aromatic heterocycles. The molecular formula is C13H19N4S2+. The highest BCUT2D eigenvalue weighted by Crippen LogP contribution is 2.20. The van der Waals surface area contributed by atoms with Crippen LogP contribution in [0.3, 0.4) is 0 Å². The minimum absolute atomic E-state index is 0.662. The van der Waals surface area contributed by atoms with Gasteiger partial charge >= 0.3 is 0 Å². The van der Waals surface area contributed by atoms with Gasteiger partial charge in [0.1, 0.15) is 0 Å². The second-order valence-electron chi connectivity index (χ2n) is 5.35. The fraction of sp³-hybridized carbons (Fsp3) is 0.538. The number of likely N-dealkylation sites (tertiary alicyclic amines) is 1. The highest BCUT2D eigenvalue weighted by atomic mass is 32.1. The highest BCUT2D eigenvalue weighted by Gasteiger charge is 2.19. The summed E-state index contributed by atoms with van der Waals surface area (Å²) in [6, 6.07) is 4.10. The lowest BCUT2D eigenvalue weighted by molar-refractivity contribution is -0.929. The molecule has 102 valence electrons. The van der Waals surface area contributed by atoms with Crippen LogP contribution in [-0.4, -0.2) is 27.9 Å². The average Bonchev–Trinajstić information content (AvgIpc) is 3.03. The molecule has 19 heavy (non-hydrogen) atoms. The summed E-state index contributed by atoms with van der Waals surface area (Å²) in [4.78, 5) is 7.19. The first kappa shape index (κ1) is 13.0. The number of hydrogen-bond donors (Lipinski definition) is 2. The Morgan fingerprint density at radius 1 is 1.53 bits per heavy atom. The first-order valence-electron chi connectivity index (χ1n) is 6.76. The van der Waals surface area contributed by atoms with Gasteiger partial charge in [-0.05, 0) is 42.4 Å². The van der Waals surface area contributed by atoms with Gasteiger partial charge in [-0.3, -0.25) is 5.10 Å². The minimum Gasteiger partial charge on any atom is -0.316 e. The molecule has 4 nitrogen and oxygen atoms in total. The van der Waals surface area contributed by atoms with Crippen molar-refractivity contribution in [2.75, 3.05) is 13.1 Å². The van der Waals surface area contributed by atoms with E-state index < -0.39 is 0 Å². The van der Waals surface area contributed by atoms with Crippen LogP contribution in [-0.2, 0) is 6.67 Å². The van der Waals surface area contributed by atoms with E-state index in [1.54, 1.807) is 16.2 Å². The van der Waals surface area contributed by atoms with Crippen LogP contribution in [0.15, 0.2) is 17.5 Å². The van der Waals surface area contributed by atoms with Crippen molar-refractivity contribution < 1.29 is 4.90 Å². The Morgan fingerprint density at radius 2 is 2.32 bits per heavy atom. The Bertz CT molecular complexity index is 576. The summed E-state index contributed by atoms with van der Waals surface area (Å²) in [5.74, 6) is 1.77. The van der Waals surface area contributed by atoms with Gasteiger partial charge in [0.15, 0.2) is 12.5 Å². The summed E-state index contributed by atoms with van der Waals surface area (Å²) in [5.41, 5.74) is 0. The quantitative estimate of drug-likeness (QED) is 0.849. The molecule has 2 N–H and O–H groups in total. The Morgan fingerprint density at radius 3 is 3.00 bits per heavy atom. The van der Waals surface area contributed by atoms with E-state index in [4.69, 9.17) is 12.2 Å². The monoisotopic (exact) mass is 295 g/mol. The van der Waals surface area contributed by atoms with E-state index in [9.17, 15) is 0 Å². The van der Waals surface area contributed by atoms with Gasteiger partial charge < -0.3 is 4.90 Å². The zero-order valence-corrected chi connectivity index (χ0v) is 12.7. The largest absolute Gasteiger partial charge is 0.316 e. The number of nitrogens with zero attached hydrogens (tertiary/aromatic N) is 2. The van der Waals surface area contributed by atoms with Crippen molar-refractivity contribution in [1.29, 1.82) is 0 Å². The zero-order valence-electron chi connectivity index (χ0n) is 11.1. The molecule has 0 atom stereocenters. The molecule has 1 aliphatic heterocycles. The third-order valence-electron chi connectivity index (χ3n) is 3.80. The van der Waals surface area contributed by atoms with E-state index in [1.807, 2.05) is 10.7 Å². The number of aromatic amines is 1. The second kappa shape index (κ2) is 5.56. The molecule has 0 radical (unpaired) electrons. The van der Waals surface area contributed by atoms with Crippen molar-refractivity contribution in [3.63, 3.8) is 0 Å². The topological polar surface area (TPSA) is 38.0 Å². The van der Waals surface area contributed by atoms with Crippen LogP contribution in [0.1, 0.15) is 19.8 Å². The molecule has 2 aromatic rings. The van der Waals surface area contributed by atoms with Crippen molar-refractivity contribution in [3.8, 4) is 10.7 Å². The summed E-state index contributed by atoms with van der Waals surface area (Å²) in [7, 11) is 0. The number of nitrogens with one attached hydrogen (secondary N) is 2. The van der Waals surface area contributed by atoms with E-state index in [1.165, 1.54) is 25.9 Å². The summed E-state index contributed by atoms with van der Waals surface area (Å²) >= 11 is 7.03. The van der Waals surface area contributed by atoms with Gasteiger partial charge in [0.25, 0.3) is 0 Å². The first-order chi connectivity index (χ1) is 9.22. The first-order valence-corrected chi connectivity index (χ1v) is 8.05. The van der Waals surface area contributed by atoms with Gasteiger partial charge in [0.05, 0.1) is 18.0 Å². The smallest absolute Gasteiger partial charge is 0.221 e. The maximum atomic E-state index is 5.35.